The Morgan fingerprint density at radius 3 is 2.38 bits per heavy atom. The maximum Gasteiger partial charge on any atom is 0.168 e. The maximum absolute atomic E-state index is 12.2. The molecule has 0 unspecified atom stereocenters. The van der Waals surface area contributed by atoms with Gasteiger partial charge in [0.1, 0.15) is 0 Å². The van der Waals surface area contributed by atoms with Gasteiger partial charge >= 0.3 is 0 Å². The third-order valence-electron chi connectivity index (χ3n) is 3.37. The van der Waals surface area contributed by atoms with E-state index in [1.54, 1.807) is 0 Å². The number of nitrogens with one attached hydrogen (secondary N) is 1. The molecule has 0 aliphatic carbocycles. The molecule has 2 nitrogen and oxygen atoms in total. The van der Waals surface area contributed by atoms with E-state index in [2.05, 4.69) is 53.8 Å². The number of allylic oxidation sites excluding steroid dienone is 1. The zero-order valence-corrected chi connectivity index (χ0v) is 13.8. The zero-order valence-electron chi connectivity index (χ0n) is 12.2. The number of carbonyl (C=O) groups excluding carboxylic acids is 1. The minimum Gasteiger partial charge on any atom is -0.359 e. The molecule has 2 aromatic carbocycles. The molecule has 0 aromatic heterocycles. The Hall–Kier alpha value is -1.87. The predicted molar refractivity (Wildman–Crippen MR) is 91.8 cm³/mol. The number of ketones is 1. The first-order valence-corrected chi connectivity index (χ1v) is 7.56. The normalized spacial score (nSPS) is 10.2. The van der Waals surface area contributed by atoms with Gasteiger partial charge < -0.3 is 5.32 Å². The lowest BCUT2D eigenvalue weighted by molar-refractivity contribution is 0.0993. The van der Waals surface area contributed by atoms with Gasteiger partial charge in [0.25, 0.3) is 0 Å². The van der Waals surface area contributed by atoms with Crippen LogP contribution >= 0.6 is 15.9 Å². The van der Waals surface area contributed by atoms with Crippen LogP contribution in [0.15, 0.2) is 59.2 Å². The van der Waals surface area contributed by atoms with Crippen LogP contribution in [0, 0.1) is 13.8 Å². The molecule has 0 heterocycles. The first-order valence-electron chi connectivity index (χ1n) is 6.76. The standard InChI is InChI=1S/C18H18BrNO/c1-12-4-9-17(10-13(12)2)20-14(3)11-18(21)15-5-7-16(19)8-6-15/h4-10,20H,3,11H2,1-2H3. The van der Waals surface area contributed by atoms with Crippen LogP contribution in [-0.4, -0.2) is 5.78 Å². The molecule has 0 amide bonds. The van der Waals surface area contributed by atoms with Crippen molar-refractivity contribution in [1.29, 1.82) is 0 Å². The monoisotopic (exact) mass is 343 g/mol. The summed E-state index contributed by atoms with van der Waals surface area (Å²) in [6.45, 7) is 8.08. The summed E-state index contributed by atoms with van der Waals surface area (Å²) in [5, 5.41) is 3.20. The fraction of sp³-hybridized carbons (Fsp3) is 0.167. The van der Waals surface area contributed by atoms with Crippen LogP contribution in [0.5, 0.6) is 0 Å². The van der Waals surface area contributed by atoms with Crippen molar-refractivity contribution < 1.29 is 4.79 Å². The van der Waals surface area contributed by atoms with E-state index in [9.17, 15) is 4.79 Å². The summed E-state index contributed by atoms with van der Waals surface area (Å²) in [6.07, 6.45) is 0.286. The van der Waals surface area contributed by atoms with Crippen molar-refractivity contribution in [3.05, 3.63) is 75.9 Å². The average molecular weight is 344 g/mol. The Bertz CT molecular complexity index is 674. The molecule has 0 aliphatic heterocycles. The number of rotatable bonds is 5. The molecular weight excluding hydrogens is 326 g/mol. The van der Waals surface area contributed by atoms with Crippen molar-refractivity contribution in [3.63, 3.8) is 0 Å². The topological polar surface area (TPSA) is 29.1 Å². The van der Waals surface area contributed by atoms with Gasteiger partial charge in [0.2, 0.25) is 0 Å². The SMILES string of the molecule is C=C(CC(=O)c1ccc(Br)cc1)Nc1ccc(C)c(C)c1. The number of benzene rings is 2. The summed E-state index contributed by atoms with van der Waals surface area (Å²) >= 11 is 3.36. The molecule has 0 radical (unpaired) electrons. The fourth-order valence-corrected chi connectivity index (χ4v) is 2.26. The number of hydrogen-bond acceptors (Lipinski definition) is 2. The summed E-state index contributed by atoms with van der Waals surface area (Å²) in [5.41, 5.74) is 4.82. The molecule has 21 heavy (non-hydrogen) atoms. The van der Waals surface area contributed by atoms with Crippen LogP contribution < -0.4 is 5.32 Å². The van der Waals surface area contributed by atoms with Gasteiger partial charge in [-0.1, -0.05) is 40.7 Å². The number of aryl methyl sites for hydroxylation is 2. The average Bonchev–Trinajstić information content (AvgIpc) is 2.43. The van der Waals surface area contributed by atoms with E-state index >= 15 is 0 Å². The molecular formula is C18H18BrNO. The Morgan fingerprint density at radius 1 is 1.10 bits per heavy atom. The molecule has 0 saturated heterocycles. The lowest BCUT2D eigenvalue weighted by Crippen LogP contribution is -2.06. The highest BCUT2D eigenvalue weighted by Crippen LogP contribution is 2.18. The molecule has 1 N–H and O–H groups in total. The van der Waals surface area contributed by atoms with Crippen LogP contribution in [0.2, 0.25) is 0 Å². The van der Waals surface area contributed by atoms with Crippen LogP contribution in [0.4, 0.5) is 5.69 Å². The molecule has 0 bridgehead atoms. The highest BCUT2D eigenvalue weighted by Gasteiger charge is 2.08. The highest BCUT2D eigenvalue weighted by atomic mass is 79.9. The second kappa shape index (κ2) is 6.72. The van der Waals surface area contributed by atoms with Gasteiger partial charge in [0.05, 0.1) is 6.42 Å². The van der Waals surface area contributed by atoms with E-state index in [0.29, 0.717) is 11.3 Å². The molecule has 108 valence electrons. The molecule has 0 spiro atoms. The maximum atomic E-state index is 12.2. The summed E-state index contributed by atoms with van der Waals surface area (Å²) < 4.78 is 0.964. The molecule has 3 heteroatoms. The Morgan fingerprint density at radius 2 is 1.76 bits per heavy atom. The second-order valence-electron chi connectivity index (χ2n) is 5.13. The van der Waals surface area contributed by atoms with Crippen molar-refractivity contribution in [2.75, 3.05) is 5.32 Å². The van der Waals surface area contributed by atoms with Gasteiger partial charge in [-0.05, 0) is 49.2 Å². The second-order valence-corrected chi connectivity index (χ2v) is 6.05. The highest BCUT2D eigenvalue weighted by molar-refractivity contribution is 9.10. The van der Waals surface area contributed by atoms with E-state index in [4.69, 9.17) is 0 Å². The summed E-state index contributed by atoms with van der Waals surface area (Å²) in [4.78, 5) is 12.2. The lowest BCUT2D eigenvalue weighted by atomic mass is 10.1. The summed E-state index contributed by atoms with van der Waals surface area (Å²) in [7, 11) is 0. The van der Waals surface area contributed by atoms with Gasteiger partial charge in [-0.2, -0.15) is 0 Å². The van der Waals surface area contributed by atoms with Crippen LogP contribution in [0.3, 0.4) is 0 Å². The van der Waals surface area contributed by atoms with E-state index in [1.165, 1.54) is 11.1 Å². The molecule has 2 aromatic rings. The summed E-state index contributed by atoms with van der Waals surface area (Å²) in [6, 6.07) is 13.5. The predicted octanol–water partition coefficient (Wildman–Crippen LogP) is 5.26. The number of hydrogen-bond donors (Lipinski definition) is 1. The molecule has 2 rings (SSSR count). The first-order chi connectivity index (χ1) is 9.95. The summed E-state index contributed by atoms with van der Waals surface area (Å²) in [5.74, 6) is 0.0591. The van der Waals surface area contributed by atoms with Crippen molar-refractivity contribution in [2.45, 2.75) is 20.3 Å². The minimum absolute atomic E-state index is 0.0591. The van der Waals surface area contributed by atoms with Gasteiger partial charge in [0, 0.05) is 21.4 Å². The minimum atomic E-state index is 0.0591. The Kier molecular flexibility index (Phi) is 4.97. The van der Waals surface area contributed by atoms with Gasteiger partial charge in [-0.3, -0.25) is 4.79 Å². The van der Waals surface area contributed by atoms with Crippen molar-refractivity contribution in [2.24, 2.45) is 0 Å². The van der Waals surface area contributed by atoms with Gasteiger partial charge in [-0.15, -0.1) is 0 Å². The number of halogens is 1. The molecule has 0 atom stereocenters. The zero-order chi connectivity index (χ0) is 15.4. The van der Waals surface area contributed by atoms with Crippen molar-refractivity contribution in [1.82, 2.24) is 0 Å². The largest absolute Gasteiger partial charge is 0.359 e. The van der Waals surface area contributed by atoms with Crippen LogP contribution in [-0.2, 0) is 0 Å². The van der Waals surface area contributed by atoms with E-state index in [-0.39, 0.29) is 12.2 Å². The number of anilines is 1. The Labute approximate surface area is 134 Å². The smallest absolute Gasteiger partial charge is 0.168 e. The third-order valence-corrected chi connectivity index (χ3v) is 3.90. The van der Waals surface area contributed by atoms with Crippen molar-refractivity contribution in [3.8, 4) is 0 Å². The van der Waals surface area contributed by atoms with Crippen LogP contribution in [0.25, 0.3) is 0 Å². The van der Waals surface area contributed by atoms with Gasteiger partial charge in [-0.25, -0.2) is 0 Å². The fourth-order valence-electron chi connectivity index (χ4n) is 2.00. The number of Topliss-reactive ketones (excluding diaryl/α,β-unsaturated/α-hetero) is 1. The Balaban J connectivity index is 1.99. The van der Waals surface area contributed by atoms with E-state index in [0.717, 1.165) is 10.2 Å². The van der Waals surface area contributed by atoms with Gasteiger partial charge in [0.15, 0.2) is 5.78 Å². The number of carbonyl (C=O) groups is 1. The quantitative estimate of drug-likeness (QED) is 0.749. The molecule has 0 fully saturated rings. The van der Waals surface area contributed by atoms with Crippen molar-refractivity contribution >= 4 is 27.4 Å². The lowest BCUT2D eigenvalue weighted by Gasteiger charge is -2.11. The van der Waals surface area contributed by atoms with Crippen LogP contribution in [0.1, 0.15) is 27.9 Å². The first kappa shape index (κ1) is 15.5. The van der Waals surface area contributed by atoms with E-state index in [1.807, 2.05) is 30.3 Å². The molecule has 0 aliphatic rings. The van der Waals surface area contributed by atoms with E-state index < -0.39 is 0 Å². The molecule has 0 saturated carbocycles. The third kappa shape index (κ3) is 4.30.